The summed E-state index contributed by atoms with van der Waals surface area (Å²) in [5.74, 6) is -1.43. The summed E-state index contributed by atoms with van der Waals surface area (Å²) < 4.78 is 4.90. The summed E-state index contributed by atoms with van der Waals surface area (Å²) >= 11 is 0. The number of hydrogen-bond donors (Lipinski definition) is 2. The van der Waals surface area contributed by atoms with E-state index in [9.17, 15) is 14.7 Å². The second kappa shape index (κ2) is 6.86. The second-order valence-electron chi connectivity index (χ2n) is 6.22. The number of aryl methyl sites for hydroxylation is 2. The first-order valence-electron chi connectivity index (χ1n) is 8.09. The smallest absolute Gasteiger partial charge is 0.326 e. The monoisotopic (exact) mass is 328 g/mol. The Morgan fingerprint density at radius 2 is 2.21 bits per heavy atom. The van der Waals surface area contributed by atoms with Crippen LogP contribution in [0.25, 0.3) is 0 Å². The number of nitrogens with one attached hydrogen (secondary N) is 1. The Labute approximate surface area is 139 Å². The lowest BCUT2D eigenvalue weighted by Gasteiger charge is -2.27. The summed E-state index contributed by atoms with van der Waals surface area (Å²) in [6.07, 6.45) is 3.35. The first kappa shape index (κ1) is 16.2. The summed E-state index contributed by atoms with van der Waals surface area (Å²) in [6, 6.07) is 8.66. The molecule has 3 rings (SSSR count). The number of aromatic nitrogens is 1. The molecule has 6 nitrogen and oxygen atoms in total. The maximum atomic E-state index is 12.2. The third kappa shape index (κ3) is 3.48. The highest BCUT2D eigenvalue weighted by Gasteiger charge is 2.29. The highest BCUT2D eigenvalue weighted by molar-refractivity contribution is 5.94. The van der Waals surface area contributed by atoms with Crippen molar-refractivity contribution in [3.8, 4) is 0 Å². The zero-order chi connectivity index (χ0) is 17.1. The number of carboxylic acids is 1. The van der Waals surface area contributed by atoms with E-state index in [1.54, 1.807) is 6.92 Å². The van der Waals surface area contributed by atoms with Crippen LogP contribution in [0, 0.1) is 6.92 Å². The van der Waals surface area contributed by atoms with Gasteiger partial charge in [-0.15, -0.1) is 0 Å². The second-order valence-corrected chi connectivity index (χ2v) is 6.22. The molecule has 0 fully saturated rings. The number of benzene rings is 1. The Kier molecular flexibility index (Phi) is 4.64. The van der Waals surface area contributed by atoms with Gasteiger partial charge in [-0.25, -0.2) is 4.79 Å². The molecular formula is C18H20N2O4. The van der Waals surface area contributed by atoms with Gasteiger partial charge in [0.05, 0.1) is 5.69 Å². The molecule has 1 aromatic heterocycles. The highest BCUT2D eigenvalue weighted by atomic mass is 16.5. The molecule has 6 heteroatoms. The van der Waals surface area contributed by atoms with Crippen LogP contribution < -0.4 is 5.32 Å². The van der Waals surface area contributed by atoms with Crippen molar-refractivity contribution < 1.29 is 19.2 Å². The van der Waals surface area contributed by atoms with Crippen molar-refractivity contribution in [2.75, 3.05) is 0 Å². The van der Waals surface area contributed by atoms with Crippen molar-refractivity contribution in [3.63, 3.8) is 0 Å². The summed E-state index contributed by atoms with van der Waals surface area (Å²) in [4.78, 5) is 23.7. The quantitative estimate of drug-likeness (QED) is 0.880. The van der Waals surface area contributed by atoms with Crippen molar-refractivity contribution in [2.45, 2.75) is 44.6 Å². The zero-order valence-corrected chi connectivity index (χ0v) is 13.5. The molecule has 2 aromatic rings. The molecule has 2 atom stereocenters. The van der Waals surface area contributed by atoms with Crippen LogP contribution >= 0.6 is 0 Å². The fraction of sp³-hybridized carbons (Fsp3) is 0.389. The van der Waals surface area contributed by atoms with Gasteiger partial charge >= 0.3 is 5.97 Å². The van der Waals surface area contributed by atoms with E-state index >= 15 is 0 Å². The average Bonchev–Trinajstić information content (AvgIpc) is 3.01. The number of carbonyl (C=O) groups is 2. The third-order valence-electron chi connectivity index (χ3n) is 4.47. The van der Waals surface area contributed by atoms with Crippen molar-refractivity contribution in [1.82, 2.24) is 10.5 Å². The van der Waals surface area contributed by atoms with Gasteiger partial charge in [0.2, 0.25) is 5.76 Å². The number of aliphatic carboxylic acids is 1. The van der Waals surface area contributed by atoms with Crippen molar-refractivity contribution >= 4 is 11.9 Å². The molecule has 1 amide bonds. The van der Waals surface area contributed by atoms with Gasteiger partial charge in [0, 0.05) is 6.07 Å². The van der Waals surface area contributed by atoms with E-state index in [0.717, 1.165) is 19.3 Å². The number of carboxylic acid groups (broad SMARTS) is 1. The van der Waals surface area contributed by atoms with Crippen LogP contribution in [0.4, 0.5) is 0 Å². The molecule has 126 valence electrons. The molecule has 0 spiro atoms. The number of nitrogens with zero attached hydrogens (tertiary/aromatic N) is 1. The lowest BCUT2D eigenvalue weighted by molar-refractivity contribution is -0.139. The molecule has 1 aliphatic rings. The number of fused-ring (bicyclic) bond motifs is 1. The Bertz CT molecular complexity index is 753. The largest absolute Gasteiger partial charge is 0.480 e. The maximum Gasteiger partial charge on any atom is 0.326 e. The molecule has 0 bridgehead atoms. The van der Waals surface area contributed by atoms with Crippen molar-refractivity contribution in [2.24, 2.45) is 0 Å². The predicted molar refractivity (Wildman–Crippen MR) is 86.9 cm³/mol. The molecule has 0 aliphatic heterocycles. The van der Waals surface area contributed by atoms with E-state index in [2.05, 4.69) is 22.6 Å². The molecule has 2 N–H and O–H groups in total. The van der Waals surface area contributed by atoms with Gasteiger partial charge in [0.25, 0.3) is 5.91 Å². The zero-order valence-electron chi connectivity index (χ0n) is 13.5. The molecular weight excluding hydrogens is 308 g/mol. The number of hydrogen-bond acceptors (Lipinski definition) is 4. The van der Waals surface area contributed by atoms with E-state index in [-0.39, 0.29) is 11.7 Å². The molecule has 1 aliphatic carbocycles. The van der Waals surface area contributed by atoms with Gasteiger partial charge in [-0.05, 0) is 49.7 Å². The predicted octanol–water partition coefficient (Wildman–Crippen LogP) is 2.68. The van der Waals surface area contributed by atoms with Crippen molar-refractivity contribution in [1.29, 1.82) is 0 Å². The normalized spacial score (nSPS) is 17.8. The first-order chi connectivity index (χ1) is 11.5. The van der Waals surface area contributed by atoms with Gasteiger partial charge in [-0.3, -0.25) is 4.79 Å². The topological polar surface area (TPSA) is 92.4 Å². The van der Waals surface area contributed by atoms with Gasteiger partial charge in [-0.1, -0.05) is 29.4 Å². The minimum absolute atomic E-state index is 0.0304. The maximum absolute atomic E-state index is 12.2. The van der Waals surface area contributed by atoms with Crippen LogP contribution in [0.5, 0.6) is 0 Å². The van der Waals surface area contributed by atoms with E-state index < -0.39 is 17.9 Å². The third-order valence-corrected chi connectivity index (χ3v) is 4.47. The fourth-order valence-corrected chi connectivity index (χ4v) is 3.31. The van der Waals surface area contributed by atoms with Gasteiger partial charge in [0.15, 0.2) is 0 Å². The Hall–Kier alpha value is -2.63. The number of carbonyl (C=O) groups excluding carboxylic acids is 1. The molecule has 0 unspecified atom stereocenters. The van der Waals surface area contributed by atoms with Crippen LogP contribution in [0.3, 0.4) is 0 Å². The molecule has 0 saturated carbocycles. The van der Waals surface area contributed by atoms with Crippen LogP contribution in [0.15, 0.2) is 34.9 Å². The molecule has 1 heterocycles. The highest BCUT2D eigenvalue weighted by Crippen LogP contribution is 2.34. The number of rotatable bonds is 5. The first-order valence-corrected chi connectivity index (χ1v) is 8.09. The van der Waals surface area contributed by atoms with Crippen LogP contribution in [-0.2, 0) is 11.2 Å². The van der Waals surface area contributed by atoms with E-state index in [1.165, 1.54) is 17.2 Å². The summed E-state index contributed by atoms with van der Waals surface area (Å²) in [5, 5.41) is 15.7. The van der Waals surface area contributed by atoms with Crippen LogP contribution in [0.1, 0.15) is 52.6 Å². The SMILES string of the molecule is Cc1cc(C(=O)N[C@H](C[C@H]2CCCc3ccccc32)C(=O)O)on1. The van der Waals surface area contributed by atoms with E-state index in [0.29, 0.717) is 12.1 Å². The fourth-order valence-electron chi connectivity index (χ4n) is 3.31. The van der Waals surface area contributed by atoms with E-state index in [4.69, 9.17) is 4.52 Å². The molecule has 24 heavy (non-hydrogen) atoms. The molecule has 0 radical (unpaired) electrons. The Morgan fingerprint density at radius 1 is 1.42 bits per heavy atom. The van der Waals surface area contributed by atoms with Gasteiger partial charge in [-0.2, -0.15) is 0 Å². The standard InChI is InChI=1S/C18H20N2O4/c1-11-9-16(24-20-11)17(21)19-15(18(22)23)10-13-7-4-6-12-5-2-3-8-14(12)13/h2-3,5,8-9,13,15H,4,6-7,10H2,1H3,(H,19,21)(H,22,23)/t13-,15-/m1/s1. The average molecular weight is 328 g/mol. The summed E-state index contributed by atoms with van der Waals surface area (Å²) in [5.41, 5.74) is 3.04. The van der Waals surface area contributed by atoms with E-state index in [1.807, 2.05) is 12.1 Å². The molecule has 1 aromatic carbocycles. The summed E-state index contributed by atoms with van der Waals surface area (Å²) in [6.45, 7) is 1.70. The molecule has 0 saturated heterocycles. The summed E-state index contributed by atoms with van der Waals surface area (Å²) in [7, 11) is 0. The lowest BCUT2D eigenvalue weighted by Crippen LogP contribution is -2.42. The number of amides is 1. The lowest BCUT2D eigenvalue weighted by atomic mass is 9.79. The Morgan fingerprint density at radius 3 is 2.92 bits per heavy atom. The minimum atomic E-state index is -1.04. The van der Waals surface area contributed by atoms with Gasteiger partial charge < -0.3 is 14.9 Å². The minimum Gasteiger partial charge on any atom is -0.480 e. The van der Waals surface area contributed by atoms with Crippen LogP contribution in [0.2, 0.25) is 0 Å². The van der Waals surface area contributed by atoms with Gasteiger partial charge in [0.1, 0.15) is 6.04 Å². The Balaban J connectivity index is 1.73. The van der Waals surface area contributed by atoms with Crippen LogP contribution in [-0.4, -0.2) is 28.2 Å². The van der Waals surface area contributed by atoms with Crippen molar-refractivity contribution in [3.05, 3.63) is 52.9 Å².